The monoisotopic (exact) mass is 1150 g/mol. The first kappa shape index (κ1) is 59.1. The highest BCUT2D eigenvalue weighted by Gasteiger charge is 2.44. The van der Waals surface area contributed by atoms with E-state index in [4.69, 9.17) is 23.3 Å². The molecule has 0 bridgehead atoms. The van der Waals surface area contributed by atoms with Gasteiger partial charge in [0.15, 0.2) is 0 Å². The van der Waals surface area contributed by atoms with Crippen LogP contribution >= 0.6 is 0 Å². The third-order valence-corrected chi connectivity index (χ3v) is 11.7. The minimum atomic E-state index is -5.89. The van der Waals surface area contributed by atoms with Crippen molar-refractivity contribution in [2.24, 2.45) is 0 Å². The van der Waals surface area contributed by atoms with Crippen LogP contribution in [0.2, 0.25) is 0 Å². The standard InChI is InChI=1S/C25H34O35S8/c1-25(2)15-5-3-13(50-9-19(55-63(32,33)34)23(59-67(44,45)46)21(57-65(38,39)40)11-52-61(26,27)28)7-17(15)54-18-8-14(4-6-16(18)25)51-10-20(56-64(35,36)37)24(60-68(47,48)49)22(58-66(41,42)43)12-53-62(29,30)31/h3-8,19-24H,9-12H2,1-2H3,(H,26,27,28)(H,29,30,31)(H,32,33,34)(H,35,36,37)(H,38,39,40)(H,41,42,43)(H,44,45,46)(H,47,48,49)/t19-,20-,21-,22-,23+,24+/m1/s1. The SMILES string of the molecule is CC1(C)c2ccc(OC[C@@H](OS(=O)(=O)O)[C@H](OS(=O)(=O)O)[C@@H](COS(=O)(=O)O)OS(=O)(=O)O)cc2Oc2cc(OC[C@@H](OS(=O)(=O)O)[C@H](OS(=O)(=O)O)[C@@H](COS(=O)(=O)O)OS(=O)(=O)O)ccc21. The summed E-state index contributed by atoms with van der Waals surface area (Å²) >= 11 is 0. The first-order valence-corrected chi connectivity index (χ1v) is 27.7. The first-order valence-electron chi connectivity index (χ1n) is 16.8. The molecule has 0 saturated heterocycles. The molecule has 392 valence electrons. The number of ether oxygens (including phenoxy) is 3. The van der Waals surface area contributed by atoms with Gasteiger partial charge in [-0.3, -0.25) is 36.4 Å². The Morgan fingerprint density at radius 3 is 0.926 bits per heavy atom. The third-order valence-electron chi connectivity index (χ3n) is 7.98. The van der Waals surface area contributed by atoms with E-state index in [0.29, 0.717) is 11.1 Å². The van der Waals surface area contributed by atoms with Crippen molar-refractivity contribution < 1.29 is 151 Å². The van der Waals surface area contributed by atoms with Crippen molar-refractivity contribution in [1.29, 1.82) is 0 Å². The van der Waals surface area contributed by atoms with Crippen LogP contribution in [-0.4, -0.2) is 167 Å². The Hall–Kier alpha value is -3.20. The molecule has 35 nitrogen and oxygen atoms in total. The van der Waals surface area contributed by atoms with Gasteiger partial charge in [0.2, 0.25) is 0 Å². The van der Waals surface area contributed by atoms with Gasteiger partial charge in [0.25, 0.3) is 0 Å². The van der Waals surface area contributed by atoms with E-state index in [2.05, 4.69) is 33.5 Å². The lowest BCUT2D eigenvalue weighted by Gasteiger charge is -2.35. The molecule has 0 spiro atoms. The largest absolute Gasteiger partial charge is 0.491 e. The molecule has 2 aromatic carbocycles. The second kappa shape index (κ2) is 21.7. The Bertz CT molecular complexity index is 2850. The van der Waals surface area contributed by atoms with Gasteiger partial charge in [-0.1, -0.05) is 26.0 Å². The first-order chi connectivity index (χ1) is 30.4. The van der Waals surface area contributed by atoms with Gasteiger partial charge in [0, 0.05) is 28.7 Å². The van der Waals surface area contributed by atoms with Crippen LogP contribution in [0.1, 0.15) is 25.0 Å². The van der Waals surface area contributed by atoms with E-state index in [1.165, 1.54) is 12.1 Å². The number of rotatable bonds is 28. The van der Waals surface area contributed by atoms with E-state index in [-0.39, 0.29) is 11.5 Å². The van der Waals surface area contributed by atoms with Gasteiger partial charge in [-0.05, 0) is 12.1 Å². The number of benzene rings is 2. The predicted molar refractivity (Wildman–Crippen MR) is 210 cm³/mol. The Morgan fingerprint density at radius 1 is 0.412 bits per heavy atom. The molecule has 0 aliphatic carbocycles. The van der Waals surface area contributed by atoms with Crippen molar-refractivity contribution in [2.75, 3.05) is 26.4 Å². The third kappa shape index (κ3) is 21.0. The predicted octanol–water partition coefficient (Wildman–Crippen LogP) is -2.36. The van der Waals surface area contributed by atoms with E-state index >= 15 is 0 Å². The highest BCUT2D eigenvalue weighted by Crippen LogP contribution is 2.49. The summed E-state index contributed by atoms with van der Waals surface area (Å²) < 4.78 is 308. The summed E-state index contributed by atoms with van der Waals surface area (Å²) in [6.45, 7) is -3.33. The zero-order valence-corrected chi connectivity index (χ0v) is 39.7. The van der Waals surface area contributed by atoms with Crippen LogP contribution in [0.3, 0.4) is 0 Å². The lowest BCUT2D eigenvalue weighted by molar-refractivity contribution is -0.0549. The molecule has 0 radical (unpaired) electrons. The van der Waals surface area contributed by atoms with Crippen LogP contribution in [0.15, 0.2) is 36.4 Å². The average molecular weight is 1150 g/mol. The van der Waals surface area contributed by atoms with E-state index < -0.39 is 163 Å². The quantitative estimate of drug-likeness (QED) is 0.0413. The minimum absolute atomic E-state index is 0.164. The van der Waals surface area contributed by atoms with Crippen LogP contribution in [0.4, 0.5) is 0 Å². The van der Waals surface area contributed by atoms with Crippen molar-refractivity contribution in [3.63, 3.8) is 0 Å². The molecular formula is C25H34O35S8. The molecule has 1 heterocycles. The molecule has 1 aliphatic rings. The van der Waals surface area contributed by atoms with Crippen molar-refractivity contribution >= 4 is 83.2 Å². The van der Waals surface area contributed by atoms with Gasteiger partial charge < -0.3 is 14.2 Å². The highest BCUT2D eigenvalue weighted by molar-refractivity contribution is 7.82. The molecule has 0 unspecified atom stereocenters. The molecule has 2 aromatic rings. The zero-order chi connectivity index (χ0) is 52.3. The summed E-state index contributed by atoms with van der Waals surface area (Å²) in [4.78, 5) is 0. The van der Waals surface area contributed by atoms with Crippen LogP contribution in [0, 0.1) is 0 Å². The summed E-state index contributed by atoms with van der Waals surface area (Å²) in [5.74, 6) is -1.16. The van der Waals surface area contributed by atoms with Crippen molar-refractivity contribution in [3.05, 3.63) is 47.5 Å². The number of hydrogen-bond acceptors (Lipinski definition) is 27. The van der Waals surface area contributed by atoms with Gasteiger partial charge >= 0.3 is 83.2 Å². The van der Waals surface area contributed by atoms with Gasteiger partial charge in [-0.15, -0.1) is 0 Å². The van der Waals surface area contributed by atoms with E-state index in [9.17, 15) is 94.7 Å². The number of fused-ring (bicyclic) bond motifs is 2. The molecule has 0 saturated carbocycles. The van der Waals surface area contributed by atoms with Gasteiger partial charge in [0.1, 0.15) is 72.8 Å². The summed E-state index contributed by atoms with van der Waals surface area (Å²) in [5, 5.41) is 0. The molecule has 0 aromatic heterocycles. The molecule has 68 heavy (non-hydrogen) atoms. The molecule has 1 aliphatic heterocycles. The van der Waals surface area contributed by atoms with Crippen molar-refractivity contribution in [1.82, 2.24) is 0 Å². The summed E-state index contributed by atoms with van der Waals surface area (Å²) in [7, 11) is -46.1. The summed E-state index contributed by atoms with van der Waals surface area (Å²) in [6, 6.07) is 6.98. The average Bonchev–Trinajstić information content (AvgIpc) is 3.10. The van der Waals surface area contributed by atoms with E-state index in [1.807, 2.05) is 0 Å². The Labute approximate surface area is 385 Å². The fourth-order valence-electron chi connectivity index (χ4n) is 5.65. The maximum atomic E-state index is 11.8. The second-order valence-corrected chi connectivity index (χ2v) is 21.8. The topological polar surface area (TPSA) is 536 Å². The minimum Gasteiger partial charge on any atom is -0.491 e. The molecule has 3 rings (SSSR count). The smallest absolute Gasteiger partial charge is 0.397 e. The molecular weight excluding hydrogens is 1120 g/mol. The van der Waals surface area contributed by atoms with Crippen LogP contribution in [-0.2, 0) is 122 Å². The zero-order valence-electron chi connectivity index (χ0n) is 33.1. The molecule has 0 fully saturated rings. The molecule has 8 N–H and O–H groups in total. The normalized spacial score (nSPS) is 17.6. The van der Waals surface area contributed by atoms with Crippen LogP contribution in [0.25, 0.3) is 0 Å². The van der Waals surface area contributed by atoms with E-state index in [1.54, 1.807) is 13.8 Å². The Kier molecular flexibility index (Phi) is 18.8. The maximum Gasteiger partial charge on any atom is 0.397 e. The summed E-state index contributed by atoms with van der Waals surface area (Å²) in [5.41, 5.74) is -0.467. The fourth-order valence-corrected chi connectivity index (χ4v) is 9.23. The van der Waals surface area contributed by atoms with Gasteiger partial charge in [-0.2, -0.15) is 67.3 Å². The molecule has 6 atom stereocenters. The molecule has 43 heteroatoms. The maximum absolute atomic E-state index is 11.8. The Balaban J connectivity index is 2.05. The Morgan fingerprint density at radius 2 is 0.676 bits per heavy atom. The highest BCUT2D eigenvalue weighted by atomic mass is 32.3. The lowest BCUT2D eigenvalue weighted by Crippen LogP contribution is -2.50. The molecule has 0 amide bonds. The van der Waals surface area contributed by atoms with Crippen LogP contribution < -0.4 is 14.2 Å². The van der Waals surface area contributed by atoms with Crippen LogP contribution in [0.5, 0.6) is 23.0 Å². The fraction of sp³-hybridized carbons (Fsp3) is 0.520. The summed E-state index contributed by atoms with van der Waals surface area (Å²) in [6.07, 6.45) is -17.2. The van der Waals surface area contributed by atoms with E-state index in [0.717, 1.165) is 24.3 Å². The van der Waals surface area contributed by atoms with Gasteiger partial charge in [0.05, 0.1) is 13.2 Å². The number of hydrogen-bond donors (Lipinski definition) is 8. The van der Waals surface area contributed by atoms with Crippen molar-refractivity contribution in [3.8, 4) is 23.0 Å². The van der Waals surface area contributed by atoms with Gasteiger partial charge in [-0.25, -0.2) is 33.5 Å². The van der Waals surface area contributed by atoms with Crippen molar-refractivity contribution in [2.45, 2.75) is 55.9 Å². The lowest BCUT2D eigenvalue weighted by atomic mass is 9.76. The second-order valence-electron chi connectivity index (χ2n) is 13.3.